The third kappa shape index (κ3) is 3.23. The first-order valence-corrected chi connectivity index (χ1v) is 9.32. The van der Waals surface area contributed by atoms with Gasteiger partial charge >= 0.3 is 5.69 Å². The van der Waals surface area contributed by atoms with Crippen molar-refractivity contribution >= 4 is 27.9 Å². The summed E-state index contributed by atoms with van der Waals surface area (Å²) in [4.78, 5) is 30.1. The van der Waals surface area contributed by atoms with Gasteiger partial charge in [0.1, 0.15) is 12.1 Å². The fourth-order valence-corrected chi connectivity index (χ4v) is 3.46. The van der Waals surface area contributed by atoms with Crippen molar-refractivity contribution in [3.63, 3.8) is 0 Å². The van der Waals surface area contributed by atoms with Crippen molar-refractivity contribution in [2.45, 2.75) is 13.0 Å². The lowest BCUT2D eigenvalue weighted by atomic mass is 10.0. The average molecular weight is 382 g/mol. The molecule has 0 aliphatic rings. The van der Waals surface area contributed by atoms with Crippen LogP contribution in [0.15, 0.2) is 71.9 Å². The average Bonchev–Trinajstić information content (AvgIpc) is 3.13. The number of hydrogen-bond acceptors (Lipinski definition) is 5. The maximum absolute atomic E-state index is 11.5. The van der Waals surface area contributed by atoms with E-state index in [1.54, 1.807) is 12.5 Å². The number of imidazole rings is 1. The number of anilines is 1. The highest BCUT2D eigenvalue weighted by Crippen LogP contribution is 2.29. The van der Waals surface area contributed by atoms with Crippen molar-refractivity contribution in [3.8, 4) is 11.1 Å². The first kappa shape index (κ1) is 17.1. The van der Waals surface area contributed by atoms with Gasteiger partial charge < -0.3 is 10.3 Å². The van der Waals surface area contributed by atoms with E-state index in [-0.39, 0.29) is 11.7 Å². The lowest BCUT2D eigenvalue weighted by Gasteiger charge is -2.16. The number of aromatic nitrogens is 5. The number of aromatic amines is 2. The van der Waals surface area contributed by atoms with Crippen LogP contribution in [0.5, 0.6) is 0 Å². The molecule has 0 radical (unpaired) electrons. The first-order valence-electron chi connectivity index (χ1n) is 9.32. The van der Waals surface area contributed by atoms with E-state index in [0.29, 0.717) is 11.2 Å². The molecule has 0 bridgehead atoms. The highest BCUT2D eigenvalue weighted by molar-refractivity contribution is 5.93. The number of benzene rings is 2. The van der Waals surface area contributed by atoms with Gasteiger partial charge in [0, 0.05) is 23.2 Å². The van der Waals surface area contributed by atoms with Crippen molar-refractivity contribution < 1.29 is 0 Å². The van der Waals surface area contributed by atoms with Crippen molar-refractivity contribution in [2.24, 2.45) is 0 Å². The van der Waals surface area contributed by atoms with Gasteiger partial charge in [-0.2, -0.15) is 0 Å². The fraction of sp³-hybridized carbons (Fsp3) is 0.0909. The molecule has 0 saturated heterocycles. The van der Waals surface area contributed by atoms with Crippen LogP contribution in [-0.2, 0) is 0 Å². The summed E-state index contributed by atoms with van der Waals surface area (Å²) in [6.45, 7) is 2.10. The van der Waals surface area contributed by atoms with E-state index >= 15 is 0 Å². The van der Waals surface area contributed by atoms with Crippen LogP contribution in [0.3, 0.4) is 0 Å². The summed E-state index contributed by atoms with van der Waals surface area (Å²) in [6.07, 6.45) is 3.32. The molecule has 1 atom stereocenters. The van der Waals surface area contributed by atoms with Gasteiger partial charge in [0.05, 0.1) is 11.0 Å². The minimum Gasteiger partial charge on any atom is -0.363 e. The SMILES string of the molecule is CC(Nc1ncnc2ccc(-c3cnc4[nH]c(=O)[nH]c4c3)cc12)c1ccccc1. The lowest BCUT2D eigenvalue weighted by molar-refractivity contribution is 0.876. The lowest BCUT2D eigenvalue weighted by Crippen LogP contribution is -2.08. The largest absolute Gasteiger partial charge is 0.363 e. The molecule has 3 heterocycles. The second kappa shape index (κ2) is 6.87. The van der Waals surface area contributed by atoms with E-state index in [2.05, 4.69) is 49.3 Å². The van der Waals surface area contributed by atoms with E-state index in [4.69, 9.17) is 0 Å². The van der Waals surface area contributed by atoms with Gasteiger partial charge in [-0.1, -0.05) is 36.4 Å². The molecule has 29 heavy (non-hydrogen) atoms. The molecule has 0 aliphatic heterocycles. The maximum Gasteiger partial charge on any atom is 0.325 e. The van der Waals surface area contributed by atoms with E-state index in [9.17, 15) is 4.79 Å². The molecule has 7 nitrogen and oxygen atoms in total. The Hall–Kier alpha value is -4.00. The Bertz CT molecular complexity index is 1370. The molecule has 0 spiro atoms. The molecule has 3 N–H and O–H groups in total. The van der Waals surface area contributed by atoms with Crippen LogP contribution in [0.4, 0.5) is 5.82 Å². The first-order chi connectivity index (χ1) is 14.2. The van der Waals surface area contributed by atoms with Crippen LogP contribution in [0.25, 0.3) is 33.2 Å². The van der Waals surface area contributed by atoms with E-state index in [0.717, 1.165) is 27.8 Å². The van der Waals surface area contributed by atoms with Crippen LogP contribution in [0.2, 0.25) is 0 Å². The van der Waals surface area contributed by atoms with Gasteiger partial charge in [0.2, 0.25) is 0 Å². The third-order valence-electron chi connectivity index (χ3n) is 4.99. The smallest absolute Gasteiger partial charge is 0.325 e. The number of fused-ring (bicyclic) bond motifs is 2. The number of rotatable bonds is 4. The molecule has 2 aromatic carbocycles. The Morgan fingerprint density at radius 2 is 1.79 bits per heavy atom. The normalized spacial score (nSPS) is 12.3. The van der Waals surface area contributed by atoms with Crippen LogP contribution in [0.1, 0.15) is 18.5 Å². The van der Waals surface area contributed by atoms with Gasteiger partial charge in [-0.15, -0.1) is 0 Å². The topological polar surface area (TPSA) is 99.3 Å². The zero-order chi connectivity index (χ0) is 19.8. The molecule has 5 aromatic rings. The molecular formula is C22H18N6O. The minimum absolute atomic E-state index is 0.0981. The zero-order valence-corrected chi connectivity index (χ0v) is 15.7. The fourth-order valence-electron chi connectivity index (χ4n) is 3.46. The van der Waals surface area contributed by atoms with Crippen LogP contribution in [0, 0.1) is 0 Å². The van der Waals surface area contributed by atoms with E-state index in [1.165, 1.54) is 5.56 Å². The number of nitrogens with one attached hydrogen (secondary N) is 3. The Labute approximate surface area is 165 Å². The molecule has 0 fully saturated rings. The van der Waals surface area contributed by atoms with Gasteiger partial charge in [0.15, 0.2) is 5.65 Å². The van der Waals surface area contributed by atoms with E-state index in [1.807, 2.05) is 42.5 Å². The molecule has 3 aromatic heterocycles. The summed E-state index contributed by atoms with van der Waals surface area (Å²) in [5.41, 5.74) is 4.87. The second-order valence-electron chi connectivity index (χ2n) is 6.93. The molecule has 0 aliphatic carbocycles. The van der Waals surface area contributed by atoms with Gasteiger partial charge in [-0.25, -0.2) is 19.7 Å². The predicted molar refractivity (Wildman–Crippen MR) is 114 cm³/mol. The summed E-state index contributed by atoms with van der Waals surface area (Å²) in [5.74, 6) is 0.775. The van der Waals surface area contributed by atoms with Crippen molar-refractivity contribution in [1.82, 2.24) is 24.9 Å². The molecule has 0 saturated carbocycles. The number of pyridine rings is 1. The van der Waals surface area contributed by atoms with E-state index < -0.39 is 0 Å². The summed E-state index contributed by atoms with van der Waals surface area (Å²) < 4.78 is 0. The minimum atomic E-state index is -0.266. The summed E-state index contributed by atoms with van der Waals surface area (Å²) >= 11 is 0. The number of nitrogens with zero attached hydrogens (tertiary/aromatic N) is 3. The summed E-state index contributed by atoms with van der Waals surface area (Å²) in [6, 6.07) is 18.2. The van der Waals surface area contributed by atoms with Crippen molar-refractivity contribution in [2.75, 3.05) is 5.32 Å². The molecule has 5 rings (SSSR count). The van der Waals surface area contributed by atoms with Crippen LogP contribution >= 0.6 is 0 Å². The molecular weight excluding hydrogens is 364 g/mol. The quantitative estimate of drug-likeness (QED) is 0.436. The van der Waals surface area contributed by atoms with Crippen LogP contribution in [-0.4, -0.2) is 24.9 Å². The summed E-state index contributed by atoms with van der Waals surface area (Å²) in [7, 11) is 0. The third-order valence-corrected chi connectivity index (χ3v) is 4.99. The standard InChI is InChI=1S/C22H18N6O/c1-13(14-5-3-2-4-6-14)26-20-17-9-15(7-8-18(17)24-12-25-20)16-10-19-21(23-11-16)28-22(29)27-19/h2-13H,1H3,(H,24,25,26)(H2,23,27,28,29). The van der Waals surface area contributed by atoms with Crippen molar-refractivity contribution in [1.29, 1.82) is 0 Å². The maximum atomic E-state index is 11.5. The zero-order valence-electron chi connectivity index (χ0n) is 15.7. The number of hydrogen-bond donors (Lipinski definition) is 3. The predicted octanol–water partition coefficient (Wildman–Crippen LogP) is 4.03. The summed E-state index contributed by atoms with van der Waals surface area (Å²) in [5, 5.41) is 4.42. The Morgan fingerprint density at radius 3 is 2.66 bits per heavy atom. The highest BCUT2D eigenvalue weighted by Gasteiger charge is 2.11. The van der Waals surface area contributed by atoms with Crippen LogP contribution < -0.4 is 11.0 Å². The highest BCUT2D eigenvalue weighted by atomic mass is 16.1. The Morgan fingerprint density at radius 1 is 0.931 bits per heavy atom. The monoisotopic (exact) mass is 382 g/mol. The van der Waals surface area contributed by atoms with Gasteiger partial charge in [-0.3, -0.25) is 4.98 Å². The van der Waals surface area contributed by atoms with Crippen molar-refractivity contribution in [3.05, 3.63) is 83.2 Å². The Kier molecular flexibility index (Phi) is 4.05. The molecule has 1 unspecified atom stereocenters. The molecule has 142 valence electrons. The molecule has 7 heteroatoms. The van der Waals surface area contributed by atoms with Gasteiger partial charge in [-0.05, 0) is 36.2 Å². The Balaban J connectivity index is 1.56. The number of H-pyrrole nitrogens is 2. The second-order valence-corrected chi connectivity index (χ2v) is 6.93. The van der Waals surface area contributed by atoms with Gasteiger partial charge in [0.25, 0.3) is 0 Å². The molecule has 0 amide bonds.